The van der Waals surface area contributed by atoms with Gasteiger partial charge in [-0.3, -0.25) is 0 Å². The Morgan fingerprint density at radius 3 is 2.85 bits per heavy atom. The van der Waals surface area contributed by atoms with Gasteiger partial charge in [-0.2, -0.15) is 0 Å². The molecule has 0 fully saturated rings. The molecule has 1 aromatic heterocycles. The molecule has 1 rings (SSSR count). The van der Waals surface area contributed by atoms with E-state index in [-0.39, 0.29) is 0 Å². The molecule has 0 aromatic carbocycles. The van der Waals surface area contributed by atoms with Gasteiger partial charge in [-0.1, -0.05) is 25.4 Å². The van der Waals surface area contributed by atoms with Gasteiger partial charge in [0.2, 0.25) is 0 Å². The van der Waals surface area contributed by atoms with Gasteiger partial charge < -0.3 is 5.73 Å². The van der Waals surface area contributed by atoms with Gasteiger partial charge in [-0.25, -0.2) is 9.97 Å². The van der Waals surface area contributed by atoms with Crippen molar-refractivity contribution in [3.05, 3.63) is 11.5 Å². The van der Waals surface area contributed by atoms with Crippen molar-refractivity contribution in [2.24, 2.45) is 5.92 Å². The molecule has 72 valence electrons. The first-order valence-corrected chi connectivity index (χ1v) is 5.36. The van der Waals surface area contributed by atoms with Crippen molar-refractivity contribution < 1.29 is 0 Å². The van der Waals surface area contributed by atoms with E-state index in [9.17, 15) is 0 Å². The van der Waals surface area contributed by atoms with Crippen LogP contribution in [-0.4, -0.2) is 15.7 Å². The lowest BCUT2D eigenvalue weighted by Crippen LogP contribution is -1.98. The van der Waals surface area contributed by atoms with Crippen molar-refractivity contribution >= 4 is 29.1 Å². The van der Waals surface area contributed by atoms with E-state index in [0.29, 0.717) is 16.8 Å². The number of anilines is 1. The van der Waals surface area contributed by atoms with Crippen molar-refractivity contribution in [3.63, 3.8) is 0 Å². The van der Waals surface area contributed by atoms with E-state index in [2.05, 4.69) is 23.8 Å². The number of halogens is 1. The Hall–Kier alpha value is -0.480. The lowest BCUT2D eigenvalue weighted by Gasteiger charge is -2.06. The summed E-state index contributed by atoms with van der Waals surface area (Å²) in [6, 6.07) is 0. The van der Waals surface area contributed by atoms with Crippen molar-refractivity contribution in [3.8, 4) is 0 Å². The molecule has 1 heterocycles. The number of hydrogen-bond acceptors (Lipinski definition) is 4. The minimum absolute atomic E-state index is 0.334. The minimum Gasteiger partial charge on any atom is -0.394 e. The van der Waals surface area contributed by atoms with Crippen molar-refractivity contribution in [2.75, 3.05) is 11.5 Å². The van der Waals surface area contributed by atoms with E-state index >= 15 is 0 Å². The molecule has 0 unspecified atom stereocenters. The number of rotatable bonds is 3. The predicted molar refractivity (Wildman–Crippen MR) is 57.0 cm³/mol. The molecule has 1 aromatic rings. The fourth-order valence-corrected chi connectivity index (χ4v) is 1.77. The van der Waals surface area contributed by atoms with Crippen LogP contribution in [0.5, 0.6) is 0 Å². The SMILES string of the molecule is CC(C)CSc1ncnc(Cl)c1N. The summed E-state index contributed by atoms with van der Waals surface area (Å²) >= 11 is 7.35. The maximum atomic E-state index is 5.74. The number of nitrogen functional groups attached to an aromatic ring is 1. The van der Waals surface area contributed by atoms with Crippen LogP contribution in [0.25, 0.3) is 0 Å². The molecule has 0 aliphatic rings. The first kappa shape index (κ1) is 10.6. The van der Waals surface area contributed by atoms with Crippen LogP contribution in [0.4, 0.5) is 5.69 Å². The standard InChI is InChI=1S/C8H12ClN3S/c1-5(2)3-13-8-6(10)7(9)11-4-12-8/h4-5H,3,10H2,1-2H3. The summed E-state index contributed by atoms with van der Waals surface area (Å²) in [5.74, 6) is 1.59. The first-order chi connectivity index (χ1) is 6.11. The van der Waals surface area contributed by atoms with Gasteiger partial charge in [-0.05, 0) is 5.92 Å². The van der Waals surface area contributed by atoms with Crippen LogP contribution in [-0.2, 0) is 0 Å². The number of nitrogens with two attached hydrogens (primary N) is 1. The molecule has 0 radical (unpaired) electrons. The highest BCUT2D eigenvalue weighted by atomic mass is 35.5. The van der Waals surface area contributed by atoms with Gasteiger partial charge in [0.15, 0.2) is 5.15 Å². The van der Waals surface area contributed by atoms with Gasteiger partial charge >= 0.3 is 0 Å². The highest BCUT2D eigenvalue weighted by Crippen LogP contribution is 2.27. The molecule has 5 heteroatoms. The fourth-order valence-electron chi connectivity index (χ4n) is 0.720. The topological polar surface area (TPSA) is 51.8 Å². The third kappa shape index (κ3) is 3.04. The van der Waals surface area contributed by atoms with Crippen molar-refractivity contribution in [1.29, 1.82) is 0 Å². The minimum atomic E-state index is 0.334. The second kappa shape index (κ2) is 4.67. The molecule has 0 spiro atoms. The van der Waals surface area contributed by atoms with Crippen molar-refractivity contribution in [1.82, 2.24) is 9.97 Å². The highest BCUT2D eigenvalue weighted by Gasteiger charge is 2.06. The third-order valence-electron chi connectivity index (χ3n) is 1.35. The van der Waals surface area contributed by atoms with Crippen LogP contribution in [0.1, 0.15) is 13.8 Å². The molecule has 2 N–H and O–H groups in total. The molecule has 0 aliphatic carbocycles. The van der Waals surface area contributed by atoms with Crippen LogP contribution in [0.2, 0.25) is 5.15 Å². The first-order valence-electron chi connectivity index (χ1n) is 4.00. The lowest BCUT2D eigenvalue weighted by molar-refractivity contribution is 0.749. The predicted octanol–water partition coefficient (Wildman–Crippen LogP) is 2.46. The van der Waals surface area contributed by atoms with Gasteiger partial charge in [0, 0.05) is 5.75 Å². The third-order valence-corrected chi connectivity index (χ3v) is 3.09. The molecule has 0 saturated carbocycles. The summed E-state index contributed by atoms with van der Waals surface area (Å²) in [4.78, 5) is 7.84. The second-order valence-corrected chi connectivity index (χ2v) is 4.45. The van der Waals surface area contributed by atoms with Crippen LogP contribution in [0.3, 0.4) is 0 Å². The van der Waals surface area contributed by atoms with E-state index in [0.717, 1.165) is 10.8 Å². The summed E-state index contributed by atoms with van der Waals surface area (Å²) in [6.07, 6.45) is 1.43. The van der Waals surface area contributed by atoms with Gasteiger partial charge in [0.1, 0.15) is 17.0 Å². The molecule has 0 amide bonds. The fraction of sp³-hybridized carbons (Fsp3) is 0.500. The Labute approximate surface area is 87.1 Å². The zero-order chi connectivity index (χ0) is 9.84. The normalized spacial score (nSPS) is 10.8. The maximum Gasteiger partial charge on any atom is 0.156 e. The lowest BCUT2D eigenvalue weighted by atomic mass is 10.3. The Bertz CT molecular complexity index is 291. The number of hydrogen-bond donors (Lipinski definition) is 1. The number of aromatic nitrogens is 2. The molecule has 0 bridgehead atoms. The Balaban J connectivity index is 2.71. The summed E-state index contributed by atoms with van der Waals surface area (Å²) in [6.45, 7) is 4.29. The summed E-state index contributed by atoms with van der Waals surface area (Å²) in [7, 11) is 0. The number of thioether (sulfide) groups is 1. The smallest absolute Gasteiger partial charge is 0.156 e. The summed E-state index contributed by atoms with van der Waals surface area (Å²) in [5, 5.41) is 1.11. The molecule has 3 nitrogen and oxygen atoms in total. The molecule has 0 aliphatic heterocycles. The van der Waals surface area contributed by atoms with Crippen LogP contribution < -0.4 is 5.73 Å². The van der Waals surface area contributed by atoms with Crippen LogP contribution in [0.15, 0.2) is 11.4 Å². The van der Waals surface area contributed by atoms with E-state index in [1.54, 1.807) is 11.8 Å². The molecule has 0 atom stereocenters. The largest absolute Gasteiger partial charge is 0.394 e. The zero-order valence-corrected chi connectivity index (χ0v) is 9.19. The van der Waals surface area contributed by atoms with Crippen molar-refractivity contribution in [2.45, 2.75) is 18.9 Å². The summed E-state index contributed by atoms with van der Waals surface area (Å²) in [5.41, 5.74) is 6.17. The van der Waals surface area contributed by atoms with E-state index in [1.807, 2.05) is 0 Å². The average molecular weight is 218 g/mol. The van der Waals surface area contributed by atoms with E-state index in [1.165, 1.54) is 6.33 Å². The Morgan fingerprint density at radius 1 is 1.54 bits per heavy atom. The van der Waals surface area contributed by atoms with E-state index < -0.39 is 0 Å². The second-order valence-electron chi connectivity index (χ2n) is 3.09. The van der Waals surface area contributed by atoms with Gasteiger partial charge in [0.25, 0.3) is 0 Å². The van der Waals surface area contributed by atoms with Crippen LogP contribution in [0, 0.1) is 5.92 Å². The Morgan fingerprint density at radius 2 is 2.23 bits per heavy atom. The zero-order valence-electron chi connectivity index (χ0n) is 7.62. The molecular formula is C8H12ClN3S. The quantitative estimate of drug-likeness (QED) is 0.624. The average Bonchev–Trinajstić information content (AvgIpc) is 2.07. The molecule has 13 heavy (non-hydrogen) atoms. The Kier molecular flexibility index (Phi) is 3.81. The molecular weight excluding hydrogens is 206 g/mol. The highest BCUT2D eigenvalue weighted by molar-refractivity contribution is 7.99. The number of nitrogens with zero attached hydrogens (tertiary/aromatic N) is 2. The maximum absolute atomic E-state index is 5.74. The van der Waals surface area contributed by atoms with Gasteiger partial charge in [0.05, 0.1) is 0 Å². The van der Waals surface area contributed by atoms with Crippen LogP contribution >= 0.6 is 23.4 Å². The molecule has 0 saturated heterocycles. The van der Waals surface area contributed by atoms with E-state index in [4.69, 9.17) is 17.3 Å². The van der Waals surface area contributed by atoms with Gasteiger partial charge in [-0.15, -0.1) is 11.8 Å². The summed E-state index contributed by atoms with van der Waals surface area (Å²) < 4.78 is 0. The monoisotopic (exact) mass is 217 g/mol.